The van der Waals surface area contributed by atoms with E-state index in [4.69, 9.17) is 5.11 Å². The third-order valence-corrected chi connectivity index (χ3v) is 5.07. The van der Waals surface area contributed by atoms with Gasteiger partial charge in [-0.3, -0.25) is 14.4 Å². The molecule has 3 rings (SSSR count). The Labute approximate surface area is 198 Å². The van der Waals surface area contributed by atoms with Crippen LogP contribution in [0.15, 0.2) is 72.3 Å². The quantitative estimate of drug-likeness (QED) is 0.430. The molecule has 0 aromatic heterocycles. The number of rotatable bonds is 8. The third-order valence-electron chi connectivity index (χ3n) is 5.07. The van der Waals surface area contributed by atoms with Gasteiger partial charge in [-0.15, -0.1) is 0 Å². The fraction of sp³-hybridized carbons (Fsp3) is 0.345. The standard InChI is InChI=1S/C15H16O.C12H14O3.C2H6/c16-15(14-9-5-2-6-10-14)12-11-13-7-3-1-4-8-13;1-8-3-4-9(2)10(7-8)11(13)5-6-12(14)15;1-2/h2-3,5-10H,1,4,11-12H2;3-4,7H,5-6H2,1-2H3,(H,14,15);1-2H3. The minimum atomic E-state index is -0.936. The van der Waals surface area contributed by atoms with Gasteiger partial charge in [-0.05, 0) is 44.7 Å². The van der Waals surface area contributed by atoms with E-state index in [0.29, 0.717) is 12.0 Å². The summed E-state index contributed by atoms with van der Waals surface area (Å²) in [5.41, 5.74) is 4.67. The lowest BCUT2D eigenvalue weighted by Crippen LogP contribution is -2.05. The van der Waals surface area contributed by atoms with Crippen LogP contribution in [0.5, 0.6) is 0 Å². The lowest BCUT2D eigenvalue weighted by Gasteiger charge is -2.06. The third kappa shape index (κ3) is 10.7. The number of carboxylic acid groups (broad SMARTS) is 1. The van der Waals surface area contributed by atoms with Crippen molar-refractivity contribution >= 4 is 17.5 Å². The predicted molar refractivity (Wildman–Crippen MR) is 135 cm³/mol. The molecule has 0 bridgehead atoms. The summed E-state index contributed by atoms with van der Waals surface area (Å²) in [7, 11) is 0. The summed E-state index contributed by atoms with van der Waals surface area (Å²) >= 11 is 0. The van der Waals surface area contributed by atoms with Crippen LogP contribution in [0.25, 0.3) is 0 Å². The fourth-order valence-electron chi connectivity index (χ4n) is 3.27. The SMILES string of the molecule is CC.Cc1ccc(C)c(C(=O)CCC(=O)O)c1.O=C(CCC1=CCCC=C1)c1ccccc1. The van der Waals surface area contributed by atoms with Crippen LogP contribution in [0.3, 0.4) is 0 Å². The molecule has 0 amide bonds. The van der Waals surface area contributed by atoms with E-state index in [1.54, 1.807) is 6.07 Å². The molecule has 0 aliphatic heterocycles. The van der Waals surface area contributed by atoms with Gasteiger partial charge < -0.3 is 5.11 Å². The second-order valence-corrected chi connectivity index (χ2v) is 7.68. The van der Waals surface area contributed by atoms with Gasteiger partial charge in [-0.25, -0.2) is 0 Å². The molecule has 0 atom stereocenters. The zero-order valence-electron chi connectivity index (χ0n) is 20.3. The number of hydrogen-bond acceptors (Lipinski definition) is 3. The normalized spacial score (nSPS) is 11.8. The average Bonchev–Trinajstić information content (AvgIpc) is 2.85. The van der Waals surface area contributed by atoms with Gasteiger partial charge >= 0.3 is 5.97 Å². The Morgan fingerprint density at radius 3 is 2.15 bits per heavy atom. The lowest BCUT2D eigenvalue weighted by molar-refractivity contribution is -0.136. The first kappa shape index (κ1) is 27.8. The number of hydrogen-bond donors (Lipinski definition) is 1. The summed E-state index contributed by atoms with van der Waals surface area (Å²) in [6.07, 6.45) is 10.3. The highest BCUT2D eigenvalue weighted by atomic mass is 16.4. The maximum atomic E-state index is 11.8. The van der Waals surface area contributed by atoms with E-state index in [0.717, 1.165) is 36.0 Å². The maximum absolute atomic E-state index is 11.8. The van der Waals surface area contributed by atoms with E-state index in [1.807, 2.05) is 70.2 Å². The first-order valence-electron chi connectivity index (χ1n) is 11.6. The van der Waals surface area contributed by atoms with Gasteiger partial charge in [0.2, 0.25) is 0 Å². The van der Waals surface area contributed by atoms with E-state index in [1.165, 1.54) is 5.57 Å². The molecule has 0 heterocycles. The van der Waals surface area contributed by atoms with E-state index < -0.39 is 5.97 Å². The number of Topliss-reactive ketones (excluding diaryl/α,β-unsaturated/α-hetero) is 2. The highest BCUT2D eigenvalue weighted by Crippen LogP contribution is 2.16. The Balaban J connectivity index is 0.000000308. The Kier molecular flexibility index (Phi) is 13.1. The Hall–Kier alpha value is -3.27. The Morgan fingerprint density at radius 1 is 0.848 bits per heavy atom. The molecular formula is C29H36O4. The van der Waals surface area contributed by atoms with Crippen LogP contribution in [0.1, 0.15) is 84.2 Å². The van der Waals surface area contributed by atoms with Crippen molar-refractivity contribution in [2.45, 2.75) is 66.2 Å². The molecule has 0 spiro atoms. The highest BCUT2D eigenvalue weighted by molar-refractivity contribution is 5.98. The van der Waals surface area contributed by atoms with E-state index in [9.17, 15) is 14.4 Å². The van der Waals surface area contributed by atoms with Crippen LogP contribution < -0.4 is 0 Å². The second-order valence-electron chi connectivity index (χ2n) is 7.68. The molecule has 0 saturated heterocycles. The van der Waals surface area contributed by atoms with E-state index in [2.05, 4.69) is 18.2 Å². The van der Waals surface area contributed by atoms with Crippen molar-refractivity contribution in [2.24, 2.45) is 0 Å². The van der Waals surface area contributed by atoms with Crippen LogP contribution in [-0.4, -0.2) is 22.6 Å². The number of carbonyl (C=O) groups is 3. The second kappa shape index (κ2) is 15.5. The largest absolute Gasteiger partial charge is 0.481 e. The highest BCUT2D eigenvalue weighted by Gasteiger charge is 2.11. The minimum Gasteiger partial charge on any atom is -0.481 e. The summed E-state index contributed by atoms with van der Waals surface area (Å²) in [5.74, 6) is -0.798. The number of allylic oxidation sites excluding steroid dienone is 4. The lowest BCUT2D eigenvalue weighted by atomic mass is 9.99. The molecule has 4 heteroatoms. The minimum absolute atomic E-state index is 0.0691. The number of ketones is 2. The van der Waals surface area contributed by atoms with Crippen molar-refractivity contribution in [1.29, 1.82) is 0 Å². The molecule has 176 valence electrons. The van der Waals surface area contributed by atoms with Crippen molar-refractivity contribution in [3.63, 3.8) is 0 Å². The van der Waals surface area contributed by atoms with Gasteiger partial charge in [0, 0.05) is 24.0 Å². The van der Waals surface area contributed by atoms with Crippen LogP contribution in [0, 0.1) is 13.8 Å². The topological polar surface area (TPSA) is 71.4 Å². The first-order valence-corrected chi connectivity index (χ1v) is 11.6. The van der Waals surface area contributed by atoms with Gasteiger partial charge in [-0.1, -0.05) is 85.7 Å². The van der Waals surface area contributed by atoms with Gasteiger partial charge in [0.1, 0.15) is 0 Å². The smallest absolute Gasteiger partial charge is 0.303 e. The molecular weight excluding hydrogens is 412 g/mol. The zero-order valence-corrected chi connectivity index (χ0v) is 20.3. The van der Waals surface area contributed by atoms with Crippen molar-refractivity contribution in [2.75, 3.05) is 0 Å². The molecule has 2 aromatic carbocycles. The van der Waals surface area contributed by atoms with Gasteiger partial charge in [-0.2, -0.15) is 0 Å². The van der Waals surface area contributed by atoms with Crippen LogP contribution in [0.4, 0.5) is 0 Å². The first-order chi connectivity index (χ1) is 15.9. The molecule has 1 aliphatic carbocycles. The summed E-state index contributed by atoms with van der Waals surface area (Å²) in [4.78, 5) is 33.8. The molecule has 2 aromatic rings. The number of aliphatic carboxylic acids is 1. The van der Waals surface area contributed by atoms with Crippen LogP contribution in [0.2, 0.25) is 0 Å². The molecule has 0 saturated carbocycles. The van der Waals surface area contributed by atoms with Crippen LogP contribution >= 0.6 is 0 Å². The summed E-state index contributed by atoms with van der Waals surface area (Å²) < 4.78 is 0. The molecule has 1 N–H and O–H groups in total. The van der Waals surface area contributed by atoms with Crippen molar-refractivity contribution in [3.8, 4) is 0 Å². The maximum Gasteiger partial charge on any atom is 0.303 e. The molecule has 0 fully saturated rings. The summed E-state index contributed by atoms with van der Waals surface area (Å²) in [6.45, 7) is 7.76. The number of carbonyl (C=O) groups excluding carboxylic acids is 2. The van der Waals surface area contributed by atoms with Crippen molar-refractivity contribution in [1.82, 2.24) is 0 Å². The molecule has 4 nitrogen and oxygen atoms in total. The van der Waals surface area contributed by atoms with E-state index in [-0.39, 0.29) is 24.4 Å². The van der Waals surface area contributed by atoms with Crippen LogP contribution in [-0.2, 0) is 4.79 Å². The fourth-order valence-corrected chi connectivity index (χ4v) is 3.27. The average molecular weight is 449 g/mol. The number of carboxylic acids is 1. The Morgan fingerprint density at radius 2 is 1.55 bits per heavy atom. The Bertz CT molecular complexity index is 968. The zero-order chi connectivity index (χ0) is 24.6. The van der Waals surface area contributed by atoms with Gasteiger partial charge in [0.15, 0.2) is 11.6 Å². The monoisotopic (exact) mass is 448 g/mol. The number of benzene rings is 2. The summed E-state index contributed by atoms with van der Waals surface area (Å²) in [5, 5.41) is 8.48. The molecule has 0 unspecified atom stereocenters. The van der Waals surface area contributed by atoms with Gasteiger partial charge in [0.05, 0.1) is 6.42 Å². The number of aryl methyl sites for hydroxylation is 2. The molecule has 0 radical (unpaired) electrons. The van der Waals surface area contributed by atoms with Crippen molar-refractivity contribution in [3.05, 3.63) is 94.6 Å². The summed E-state index contributed by atoms with van der Waals surface area (Å²) in [6, 6.07) is 15.1. The molecule has 1 aliphatic rings. The molecule has 33 heavy (non-hydrogen) atoms. The van der Waals surface area contributed by atoms with E-state index >= 15 is 0 Å². The predicted octanol–water partition coefficient (Wildman–Crippen LogP) is 7.30. The van der Waals surface area contributed by atoms with Gasteiger partial charge in [0.25, 0.3) is 0 Å². The van der Waals surface area contributed by atoms with Crippen molar-refractivity contribution < 1.29 is 19.5 Å².